The second kappa shape index (κ2) is 9.02. The fraction of sp³-hybridized carbons (Fsp3) is 0. The summed E-state index contributed by atoms with van der Waals surface area (Å²) in [6.45, 7) is 0. The summed E-state index contributed by atoms with van der Waals surface area (Å²) in [5.74, 6) is 0.951. The van der Waals surface area contributed by atoms with Crippen molar-refractivity contribution in [1.82, 2.24) is 0 Å². The van der Waals surface area contributed by atoms with E-state index < -0.39 is 0 Å². The van der Waals surface area contributed by atoms with Crippen LogP contribution in [0.2, 0.25) is 0 Å². The minimum absolute atomic E-state index is 0.149. The molecule has 0 saturated carbocycles. The summed E-state index contributed by atoms with van der Waals surface area (Å²) >= 11 is 4.26. The topological polar surface area (TPSA) is 69.5 Å². The Kier molecular flexibility index (Phi) is 6.20. The van der Waals surface area contributed by atoms with Crippen molar-refractivity contribution in [3.63, 3.8) is 0 Å². The third-order valence-electron chi connectivity index (χ3n) is 4.48. The number of nitriles is 1. The van der Waals surface area contributed by atoms with E-state index in [0.29, 0.717) is 22.5 Å². The second-order valence-corrected chi connectivity index (χ2v) is 8.82. The van der Waals surface area contributed by atoms with Crippen molar-refractivity contribution in [2.24, 2.45) is 4.99 Å². The van der Waals surface area contributed by atoms with Crippen molar-refractivity contribution in [2.45, 2.75) is 0 Å². The van der Waals surface area contributed by atoms with Crippen LogP contribution >= 0.6 is 45.2 Å². The van der Waals surface area contributed by atoms with Crippen LogP contribution in [0.3, 0.4) is 0 Å². The van der Waals surface area contributed by atoms with Crippen LogP contribution in [0.4, 0.5) is 5.88 Å². The third-order valence-corrected chi connectivity index (χ3v) is 5.92. The molecule has 4 nitrogen and oxygen atoms in total. The number of halogens is 2. The number of benzene rings is 3. The number of aliphatic imine (C=N–C) groups is 1. The van der Waals surface area contributed by atoms with Crippen LogP contribution in [0.25, 0.3) is 22.5 Å². The lowest BCUT2D eigenvalue weighted by Crippen LogP contribution is -1.88. The molecule has 0 radical (unpaired) electrons. The Labute approximate surface area is 201 Å². The van der Waals surface area contributed by atoms with Gasteiger partial charge in [0.15, 0.2) is 0 Å². The fourth-order valence-electron chi connectivity index (χ4n) is 3.10. The number of nitrogens with zero attached hydrogens (tertiary/aromatic N) is 2. The summed E-state index contributed by atoms with van der Waals surface area (Å²) < 4.78 is 7.80. The monoisotopic (exact) mass is 616 g/mol. The van der Waals surface area contributed by atoms with Crippen molar-refractivity contribution in [3.8, 4) is 34.3 Å². The molecule has 0 aliphatic rings. The van der Waals surface area contributed by atoms with E-state index in [0.717, 1.165) is 18.3 Å². The molecule has 146 valence electrons. The Morgan fingerprint density at radius 1 is 0.933 bits per heavy atom. The number of hydrogen-bond acceptors (Lipinski definition) is 4. The van der Waals surface area contributed by atoms with Gasteiger partial charge in [-0.15, -0.1) is 0 Å². The van der Waals surface area contributed by atoms with Gasteiger partial charge in [0.2, 0.25) is 5.88 Å². The molecule has 0 amide bonds. The van der Waals surface area contributed by atoms with Crippen LogP contribution < -0.4 is 0 Å². The normalized spacial score (nSPS) is 11.0. The minimum atomic E-state index is 0.149. The number of rotatable bonds is 4. The summed E-state index contributed by atoms with van der Waals surface area (Å²) in [5.41, 5.74) is 3.37. The minimum Gasteiger partial charge on any atom is -0.506 e. The van der Waals surface area contributed by atoms with Crippen LogP contribution in [-0.4, -0.2) is 11.3 Å². The highest BCUT2D eigenvalue weighted by Gasteiger charge is 2.22. The first-order valence-electron chi connectivity index (χ1n) is 8.98. The molecule has 1 aromatic heterocycles. The second-order valence-electron chi connectivity index (χ2n) is 6.41. The number of phenols is 1. The van der Waals surface area contributed by atoms with E-state index in [9.17, 15) is 10.4 Å². The molecule has 0 saturated heterocycles. The van der Waals surface area contributed by atoms with E-state index >= 15 is 0 Å². The van der Waals surface area contributed by atoms with E-state index in [2.05, 4.69) is 56.2 Å². The number of aromatic hydroxyl groups is 1. The molecule has 0 spiro atoms. The van der Waals surface area contributed by atoms with Crippen LogP contribution in [0.5, 0.6) is 5.75 Å². The van der Waals surface area contributed by atoms with E-state index in [-0.39, 0.29) is 11.6 Å². The van der Waals surface area contributed by atoms with Gasteiger partial charge in [-0.2, -0.15) is 5.26 Å². The highest BCUT2D eigenvalue weighted by Crippen LogP contribution is 2.42. The highest BCUT2D eigenvalue weighted by atomic mass is 127. The predicted molar refractivity (Wildman–Crippen MR) is 135 cm³/mol. The molecule has 4 rings (SSSR count). The van der Waals surface area contributed by atoms with Gasteiger partial charge in [-0.1, -0.05) is 60.7 Å². The summed E-state index contributed by atoms with van der Waals surface area (Å²) in [7, 11) is 0. The van der Waals surface area contributed by atoms with E-state index in [1.165, 1.54) is 6.21 Å². The van der Waals surface area contributed by atoms with Crippen LogP contribution in [0.1, 0.15) is 11.1 Å². The smallest absolute Gasteiger partial charge is 0.238 e. The molecule has 1 N–H and O–H groups in total. The maximum atomic E-state index is 10.3. The first-order valence-corrected chi connectivity index (χ1v) is 11.1. The average molecular weight is 616 g/mol. The lowest BCUT2D eigenvalue weighted by molar-refractivity contribution is 0.470. The van der Waals surface area contributed by atoms with Gasteiger partial charge in [0.1, 0.15) is 23.1 Å². The van der Waals surface area contributed by atoms with Crippen molar-refractivity contribution >= 4 is 57.3 Å². The van der Waals surface area contributed by atoms with Crippen molar-refractivity contribution in [2.75, 3.05) is 0 Å². The van der Waals surface area contributed by atoms with Gasteiger partial charge in [-0.25, -0.2) is 4.99 Å². The summed E-state index contributed by atoms with van der Waals surface area (Å²) in [4.78, 5) is 4.44. The zero-order valence-corrected chi connectivity index (χ0v) is 19.8. The number of furan rings is 1. The van der Waals surface area contributed by atoms with Crippen LogP contribution in [0.15, 0.2) is 82.2 Å². The molecule has 0 fully saturated rings. The molecule has 0 aliphatic carbocycles. The zero-order valence-electron chi connectivity index (χ0n) is 15.5. The highest BCUT2D eigenvalue weighted by molar-refractivity contribution is 14.1. The summed E-state index contributed by atoms with van der Waals surface area (Å²) in [6, 6.07) is 25.3. The van der Waals surface area contributed by atoms with Crippen molar-refractivity contribution in [1.29, 1.82) is 5.26 Å². The lowest BCUT2D eigenvalue weighted by Gasteiger charge is -2.03. The van der Waals surface area contributed by atoms with Crippen LogP contribution in [-0.2, 0) is 0 Å². The van der Waals surface area contributed by atoms with Crippen molar-refractivity contribution < 1.29 is 9.52 Å². The molecular formula is C24H14I2N2O2. The first-order chi connectivity index (χ1) is 14.6. The van der Waals surface area contributed by atoms with E-state index in [1.807, 2.05) is 72.8 Å². The molecule has 30 heavy (non-hydrogen) atoms. The summed E-state index contributed by atoms with van der Waals surface area (Å²) in [6.07, 6.45) is 1.53. The maximum Gasteiger partial charge on any atom is 0.238 e. The molecule has 0 atom stereocenters. The lowest BCUT2D eigenvalue weighted by atomic mass is 9.98. The SMILES string of the molecule is N#Cc1c(N=Cc2cc(I)cc(I)c2O)oc(-c2ccccc2)c1-c1ccccc1. The average Bonchev–Trinajstić information content (AvgIpc) is 3.15. The van der Waals surface area contributed by atoms with E-state index in [4.69, 9.17) is 4.42 Å². The van der Waals surface area contributed by atoms with Crippen molar-refractivity contribution in [3.05, 3.63) is 91.1 Å². The van der Waals surface area contributed by atoms with Gasteiger partial charge < -0.3 is 9.52 Å². The number of hydrogen-bond donors (Lipinski definition) is 1. The molecule has 4 aromatic rings. The van der Waals surface area contributed by atoms with Gasteiger partial charge in [0.05, 0.1) is 3.57 Å². The Hall–Kier alpha value is -2.64. The maximum absolute atomic E-state index is 10.3. The van der Waals surface area contributed by atoms with Gasteiger partial charge in [-0.05, 0) is 62.9 Å². The zero-order chi connectivity index (χ0) is 21.1. The summed E-state index contributed by atoms with van der Waals surface area (Å²) in [5, 5.41) is 20.3. The molecule has 6 heteroatoms. The Bertz CT molecular complexity index is 1270. The van der Waals surface area contributed by atoms with Gasteiger partial charge in [0.25, 0.3) is 0 Å². The molecule has 1 heterocycles. The molecule has 0 aliphatic heterocycles. The largest absolute Gasteiger partial charge is 0.506 e. The Balaban J connectivity index is 1.90. The number of phenolic OH excluding ortho intramolecular Hbond substituents is 1. The molecule has 0 bridgehead atoms. The van der Waals surface area contributed by atoms with Crippen LogP contribution in [0, 0.1) is 18.5 Å². The third kappa shape index (κ3) is 4.13. The fourth-order valence-corrected chi connectivity index (χ4v) is 4.99. The van der Waals surface area contributed by atoms with Gasteiger partial charge >= 0.3 is 0 Å². The van der Waals surface area contributed by atoms with E-state index in [1.54, 1.807) is 0 Å². The quantitative estimate of drug-likeness (QED) is 0.196. The Morgan fingerprint density at radius 2 is 1.57 bits per heavy atom. The molecular weight excluding hydrogens is 602 g/mol. The van der Waals surface area contributed by atoms with Gasteiger partial charge in [0, 0.05) is 26.5 Å². The predicted octanol–water partition coefficient (Wildman–Crippen LogP) is 7.15. The first kappa shape index (κ1) is 20.6. The molecule has 3 aromatic carbocycles. The Morgan fingerprint density at radius 3 is 2.20 bits per heavy atom. The molecule has 0 unspecified atom stereocenters. The standard InChI is InChI=1S/C24H14I2N2O2/c25-18-11-17(22(29)20(26)12-18)14-28-24-19(13-27)21(15-7-3-1-4-8-15)23(30-24)16-9-5-2-6-10-16/h1-12,14,29H. The van der Waals surface area contributed by atoms with Gasteiger partial charge in [-0.3, -0.25) is 0 Å².